The average Bonchev–Trinajstić information content (AvgIpc) is 2.80. The molecule has 1 aromatic heterocycles. The fourth-order valence-electron chi connectivity index (χ4n) is 2.22. The molecule has 1 aromatic rings. The van der Waals surface area contributed by atoms with E-state index in [1.165, 1.54) is 12.0 Å². The maximum absolute atomic E-state index is 11.9. The van der Waals surface area contributed by atoms with Crippen molar-refractivity contribution in [1.29, 1.82) is 0 Å². The van der Waals surface area contributed by atoms with Gasteiger partial charge in [0.1, 0.15) is 6.04 Å². The fourth-order valence-corrected chi connectivity index (χ4v) is 2.22. The second-order valence-corrected chi connectivity index (χ2v) is 4.18. The molecule has 1 aliphatic heterocycles. The van der Waals surface area contributed by atoms with Crippen molar-refractivity contribution in [3.8, 4) is 0 Å². The molecule has 1 amide bonds. The molecule has 0 radical (unpaired) electrons. The van der Waals surface area contributed by atoms with Crippen molar-refractivity contribution in [2.24, 2.45) is 0 Å². The first-order chi connectivity index (χ1) is 8.65. The summed E-state index contributed by atoms with van der Waals surface area (Å²) in [5.74, 6) is -0.430. The lowest BCUT2D eigenvalue weighted by Crippen LogP contribution is -2.41. The van der Waals surface area contributed by atoms with Gasteiger partial charge in [0.05, 0.1) is 25.0 Å². The molecular formula is C12H15N3O3. The predicted molar refractivity (Wildman–Crippen MR) is 62.3 cm³/mol. The molecule has 0 N–H and O–H groups in total. The molecule has 2 rings (SSSR count). The molecule has 18 heavy (non-hydrogen) atoms. The van der Waals surface area contributed by atoms with Gasteiger partial charge in [-0.2, -0.15) is 0 Å². The number of ether oxygens (including phenoxy) is 1. The maximum atomic E-state index is 11.9. The molecule has 1 fully saturated rings. The van der Waals surface area contributed by atoms with Crippen LogP contribution in [-0.2, 0) is 14.3 Å². The number of carbonyl (C=O) groups excluding carboxylic acids is 2. The predicted octanol–water partition coefficient (Wildman–Crippen LogP) is 0.702. The molecule has 2 atom stereocenters. The van der Waals surface area contributed by atoms with Crippen LogP contribution in [0.2, 0.25) is 0 Å². The van der Waals surface area contributed by atoms with E-state index in [1.807, 2.05) is 6.92 Å². The minimum atomic E-state index is -0.514. The van der Waals surface area contributed by atoms with Gasteiger partial charge in [0.15, 0.2) is 0 Å². The largest absolute Gasteiger partial charge is 0.467 e. The zero-order valence-corrected chi connectivity index (χ0v) is 10.4. The van der Waals surface area contributed by atoms with Gasteiger partial charge >= 0.3 is 5.97 Å². The molecule has 6 nitrogen and oxygen atoms in total. The minimum Gasteiger partial charge on any atom is -0.467 e. The smallest absolute Gasteiger partial charge is 0.328 e. The number of aromatic nitrogens is 2. The maximum Gasteiger partial charge on any atom is 0.328 e. The number of amides is 1. The topological polar surface area (TPSA) is 72.4 Å². The summed E-state index contributed by atoms with van der Waals surface area (Å²) in [7, 11) is 1.33. The van der Waals surface area contributed by atoms with Crippen LogP contribution in [0.15, 0.2) is 18.6 Å². The molecule has 2 heterocycles. The summed E-state index contributed by atoms with van der Waals surface area (Å²) >= 11 is 0. The molecule has 0 aromatic carbocycles. The van der Waals surface area contributed by atoms with Crippen LogP contribution >= 0.6 is 0 Å². The highest BCUT2D eigenvalue weighted by Crippen LogP contribution is 2.29. The van der Waals surface area contributed by atoms with Crippen molar-refractivity contribution in [2.45, 2.75) is 31.8 Å². The number of esters is 1. The van der Waals surface area contributed by atoms with Crippen LogP contribution in [-0.4, -0.2) is 39.9 Å². The molecule has 2 unspecified atom stereocenters. The van der Waals surface area contributed by atoms with Gasteiger partial charge in [-0.1, -0.05) is 0 Å². The van der Waals surface area contributed by atoms with E-state index in [2.05, 4.69) is 9.97 Å². The summed E-state index contributed by atoms with van der Waals surface area (Å²) in [6.07, 6.45) is 5.60. The van der Waals surface area contributed by atoms with Crippen LogP contribution in [0, 0.1) is 0 Å². The number of hydrogen-bond donors (Lipinski definition) is 0. The molecule has 0 bridgehead atoms. The number of methoxy groups -OCH3 is 1. The second kappa shape index (κ2) is 5.12. The van der Waals surface area contributed by atoms with E-state index < -0.39 is 6.04 Å². The molecule has 0 spiro atoms. The van der Waals surface area contributed by atoms with Gasteiger partial charge in [0, 0.05) is 18.8 Å². The van der Waals surface area contributed by atoms with E-state index >= 15 is 0 Å². The summed E-state index contributed by atoms with van der Waals surface area (Å²) in [4.78, 5) is 33.2. The van der Waals surface area contributed by atoms with Gasteiger partial charge in [0.25, 0.3) is 0 Å². The lowest BCUT2D eigenvalue weighted by molar-refractivity contribution is -0.150. The summed E-state index contributed by atoms with van der Waals surface area (Å²) < 4.78 is 4.73. The third kappa shape index (κ3) is 2.18. The fraction of sp³-hybridized carbons (Fsp3) is 0.500. The SMILES string of the molecule is COC(=O)C1CCC(=O)N1C(C)c1cnccn1. The number of rotatable bonds is 3. The van der Waals surface area contributed by atoms with Crippen LogP contribution < -0.4 is 0 Å². The Morgan fingerprint density at radius 1 is 1.56 bits per heavy atom. The summed E-state index contributed by atoms with van der Waals surface area (Å²) in [5.41, 5.74) is 0.668. The van der Waals surface area contributed by atoms with E-state index in [-0.39, 0.29) is 17.9 Å². The van der Waals surface area contributed by atoms with Crippen LogP contribution in [0.5, 0.6) is 0 Å². The van der Waals surface area contributed by atoms with E-state index in [1.54, 1.807) is 18.6 Å². The van der Waals surface area contributed by atoms with E-state index in [0.29, 0.717) is 18.5 Å². The van der Waals surface area contributed by atoms with Crippen molar-refractivity contribution in [3.63, 3.8) is 0 Å². The summed E-state index contributed by atoms with van der Waals surface area (Å²) in [6, 6.07) is -0.794. The molecule has 1 saturated heterocycles. The van der Waals surface area contributed by atoms with Gasteiger partial charge in [0.2, 0.25) is 5.91 Å². The highest BCUT2D eigenvalue weighted by atomic mass is 16.5. The van der Waals surface area contributed by atoms with E-state index in [4.69, 9.17) is 4.74 Å². The van der Waals surface area contributed by atoms with E-state index in [9.17, 15) is 9.59 Å². The highest BCUT2D eigenvalue weighted by Gasteiger charge is 2.40. The highest BCUT2D eigenvalue weighted by molar-refractivity contribution is 5.88. The summed E-state index contributed by atoms with van der Waals surface area (Å²) in [5, 5.41) is 0. The monoisotopic (exact) mass is 249 g/mol. The Balaban J connectivity index is 2.24. The number of hydrogen-bond acceptors (Lipinski definition) is 5. The Kier molecular flexibility index (Phi) is 3.55. The minimum absolute atomic E-state index is 0.0523. The quantitative estimate of drug-likeness (QED) is 0.737. The van der Waals surface area contributed by atoms with Crippen molar-refractivity contribution < 1.29 is 14.3 Å². The van der Waals surface area contributed by atoms with E-state index in [0.717, 1.165) is 0 Å². The zero-order chi connectivity index (χ0) is 13.1. The van der Waals surface area contributed by atoms with Gasteiger partial charge in [-0.25, -0.2) is 4.79 Å². The Hall–Kier alpha value is -1.98. The van der Waals surface area contributed by atoms with Gasteiger partial charge in [-0.05, 0) is 13.3 Å². The Bertz CT molecular complexity index is 449. The van der Waals surface area contributed by atoms with Gasteiger partial charge in [-0.3, -0.25) is 14.8 Å². The van der Waals surface area contributed by atoms with Crippen LogP contribution in [0.25, 0.3) is 0 Å². The Morgan fingerprint density at radius 2 is 2.33 bits per heavy atom. The average molecular weight is 249 g/mol. The van der Waals surface area contributed by atoms with Crippen molar-refractivity contribution in [2.75, 3.05) is 7.11 Å². The third-order valence-electron chi connectivity index (χ3n) is 3.16. The molecule has 0 saturated carbocycles. The number of likely N-dealkylation sites (tertiary alicyclic amines) is 1. The number of nitrogens with zero attached hydrogens (tertiary/aromatic N) is 3. The first-order valence-electron chi connectivity index (χ1n) is 5.80. The third-order valence-corrected chi connectivity index (χ3v) is 3.16. The molecule has 96 valence electrons. The van der Waals surface area contributed by atoms with Crippen LogP contribution in [0.1, 0.15) is 31.5 Å². The van der Waals surface area contributed by atoms with Crippen molar-refractivity contribution in [3.05, 3.63) is 24.3 Å². The molecule has 1 aliphatic rings. The molecule has 0 aliphatic carbocycles. The van der Waals surface area contributed by atoms with Gasteiger partial charge in [-0.15, -0.1) is 0 Å². The zero-order valence-electron chi connectivity index (χ0n) is 10.4. The normalized spacial score (nSPS) is 20.9. The Labute approximate surface area is 105 Å². The van der Waals surface area contributed by atoms with Crippen LogP contribution in [0.3, 0.4) is 0 Å². The molecule has 6 heteroatoms. The first-order valence-corrected chi connectivity index (χ1v) is 5.80. The molecular weight excluding hydrogens is 234 g/mol. The van der Waals surface area contributed by atoms with Gasteiger partial charge < -0.3 is 9.64 Å². The lowest BCUT2D eigenvalue weighted by atomic mass is 10.1. The van der Waals surface area contributed by atoms with Crippen molar-refractivity contribution >= 4 is 11.9 Å². The standard InChI is InChI=1S/C12H15N3O3/c1-8(9-7-13-5-6-14-9)15-10(12(17)18-2)3-4-11(15)16/h5-8,10H,3-4H2,1-2H3. The van der Waals surface area contributed by atoms with Crippen molar-refractivity contribution in [1.82, 2.24) is 14.9 Å². The first kappa shape index (κ1) is 12.5. The second-order valence-electron chi connectivity index (χ2n) is 4.18. The lowest BCUT2D eigenvalue weighted by Gasteiger charge is -2.28. The van der Waals surface area contributed by atoms with Crippen LogP contribution in [0.4, 0.5) is 0 Å². The Morgan fingerprint density at radius 3 is 2.94 bits per heavy atom. The number of carbonyl (C=O) groups is 2. The summed E-state index contributed by atoms with van der Waals surface area (Å²) in [6.45, 7) is 1.84.